The Labute approximate surface area is 125 Å². The van der Waals surface area contributed by atoms with Crippen LogP contribution in [0.3, 0.4) is 0 Å². The molecule has 3 N–H and O–H groups in total. The van der Waals surface area contributed by atoms with E-state index in [4.69, 9.17) is 0 Å². The maximum absolute atomic E-state index is 12.1. The van der Waals surface area contributed by atoms with Gasteiger partial charge in [-0.3, -0.25) is 0 Å². The second-order valence-electron chi connectivity index (χ2n) is 4.68. The van der Waals surface area contributed by atoms with Crippen molar-refractivity contribution < 1.29 is 8.42 Å². The topological polar surface area (TPSA) is 86.9 Å². The zero-order valence-electron chi connectivity index (χ0n) is 12.0. The summed E-state index contributed by atoms with van der Waals surface area (Å²) in [5.41, 5.74) is 1.06. The summed E-state index contributed by atoms with van der Waals surface area (Å²) < 4.78 is 26.8. The monoisotopic (exact) mass is 308 g/mol. The predicted molar refractivity (Wildman–Crippen MR) is 81.1 cm³/mol. The van der Waals surface area contributed by atoms with E-state index in [0.29, 0.717) is 5.82 Å². The summed E-state index contributed by atoms with van der Waals surface area (Å²) >= 11 is 0. The highest BCUT2D eigenvalue weighted by Crippen LogP contribution is 2.11. The van der Waals surface area contributed by atoms with Crippen LogP contribution in [0.1, 0.15) is 24.7 Å². The second kappa shape index (κ2) is 7.35. The number of hydrogen-bond donors (Lipinski definition) is 3. The third kappa shape index (κ3) is 4.66. The van der Waals surface area contributed by atoms with Crippen LogP contribution in [0.4, 0.5) is 0 Å². The van der Waals surface area contributed by atoms with Crippen molar-refractivity contribution in [3.8, 4) is 0 Å². The number of H-pyrrole nitrogens is 1. The van der Waals surface area contributed by atoms with E-state index in [1.165, 1.54) is 0 Å². The van der Waals surface area contributed by atoms with Crippen LogP contribution in [-0.4, -0.2) is 24.9 Å². The van der Waals surface area contributed by atoms with E-state index >= 15 is 0 Å². The molecule has 1 aromatic heterocycles. The summed E-state index contributed by atoms with van der Waals surface area (Å²) in [5, 5.41) is 3.28. The van der Waals surface area contributed by atoms with Gasteiger partial charge in [-0.1, -0.05) is 19.1 Å². The van der Waals surface area contributed by atoms with Crippen molar-refractivity contribution in [1.29, 1.82) is 0 Å². The van der Waals surface area contributed by atoms with Gasteiger partial charge in [0.1, 0.15) is 5.82 Å². The largest absolute Gasteiger partial charge is 0.347 e. The molecule has 21 heavy (non-hydrogen) atoms. The lowest BCUT2D eigenvalue weighted by molar-refractivity contribution is 0.579. The highest BCUT2D eigenvalue weighted by molar-refractivity contribution is 7.89. The van der Waals surface area contributed by atoms with Crippen molar-refractivity contribution >= 4 is 10.0 Å². The van der Waals surface area contributed by atoms with Gasteiger partial charge in [-0.15, -0.1) is 0 Å². The minimum atomic E-state index is -3.51. The summed E-state index contributed by atoms with van der Waals surface area (Å²) in [6, 6.07) is 6.88. The van der Waals surface area contributed by atoms with Crippen LogP contribution in [0.15, 0.2) is 41.6 Å². The van der Waals surface area contributed by atoms with E-state index in [9.17, 15) is 8.42 Å². The normalized spacial score (nSPS) is 11.7. The fourth-order valence-electron chi connectivity index (χ4n) is 1.84. The number of benzene rings is 1. The van der Waals surface area contributed by atoms with E-state index < -0.39 is 10.0 Å². The van der Waals surface area contributed by atoms with E-state index in [-0.39, 0.29) is 11.4 Å². The van der Waals surface area contributed by atoms with Crippen LogP contribution in [0, 0.1) is 0 Å². The average molecular weight is 308 g/mol. The van der Waals surface area contributed by atoms with Crippen LogP contribution in [0.2, 0.25) is 0 Å². The number of nitrogens with one attached hydrogen (secondary N) is 3. The van der Waals surface area contributed by atoms with Gasteiger partial charge in [0.2, 0.25) is 10.0 Å². The summed E-state index contributed by atoms with van der Waals surface area (Å²) in [4.78, 5) is 7.09. The van der Waals surface area contributed by atoms with Gasteiger partial charge in [-0.25, -0.2) is 18.1 Å². The molecular weight excluding hydrogens is 288 g/mol. The number of rotatable bonds is 8. The van der Waals surface area contributed by atoms with Crippen LogP contribution in [0.5, 0.6) is 0 Å². The maximum Gasteiger partial charge on any atom is 0.240 e. The fourth-order valence-corrected chi connectivity index (χ4v) is 2.83. The Balaban J connectivity index is 1.96. The van der Waals surface area contributed by atoms with Crippen LogP contribution < -0.4 is 10.0 Å². The number of imidazole rings is 1. The molecule has 114 valence electrons. The van der Waals surface area contributed by atoms with Crippen LogP contribution >= 0.6 is 0 Å². The number of hydrogen-bond acceptors (Lipinski definition) is 4. The smallest absolute Gasteiger partial charge is 0.240 e. The first kappa shape index (κ1) is 15.7. The molecule has 1 aromatic carbocycles. The van der Waals surface area contributed by atoms with Crippen molar-refractivity contribution in [2.24, 2.45) is 0 Å². The lowest BCUT2D eigenvalue weighted by Gasteiger charge is -2.07. The number of nitrogens with zero attached hydrogens (tertiary/aromatic N) is 1. The highest BCUT2D eigenvalue weighted by atomic mass is 32.2. The molecule has 0 aliphatic rings. The SMILES string of the molecule is CCCNCc1ccc(S(=O)(=O)NCc2ncc[nH]2)cc1. The molecule has 2 rings (SSSR count). The minimum Gasteiger partial charge on any atom is -0.347 e. The Kier molecular flexibility index (Phi) is 5.49. The first-order valence-electron chi connectivity index (χ1n) is 6.89. The zero-order valence-corrected chi connectivity index (χ0v) is 12.8. The molecule has 0 spiro atoms. The molecule has 0 aliphatic heterocycles. The molecule has 2 aromatic rings. The van der Waals surface area contributed by atoms with Crippen molar-refractivity contribution in [2.45, 2.75) is 31.3 Å². The molecule has 1 heterocycles. The van der Waals surface area contributed by atoms with Crippen molar-refractivity contribution in [2.75, 3.05) is 6.54 Å². The van der Waals surface area contributed by atoms with Gasteiger partial charge in [-0.05, 0) is 30.7 Å². The first-order chi connectivity index (χ1) is 10.1. The molecule has 0 atom stereocenters. The third-order valence-corrected chi connectivity index (χ3v) is 4.39. The Morgan fingerprint density at radius 1 is 1.19 bits per heavy atom. The Bertz CT molecular complexity index is 636. The molecule has 0 unspecified atom stereocenters. The molecule has 0 saturated heterocycles. The Morgan fingerprint density at radius 3 is 2.57 bits per heavy atom. The van der Waals surface area contributed by atoms with Gasteiger partial charge < -0.3 is 10.3 Å². The molecular formula is C14H20N4O2S. The fraction of sp³-hybridized carbons (Fsp3) is 0.357. The summed E-state index contributed by atoms with van der Waals surface area (Å²) in [6.07, 6.45) is 4.31. The molecule has 0 radical (unpaired) electrons. The van der Waals surface area contributed by atoms with Crippen LogP contribution in [-0.2, 0) is 23.1 Å². The van der Waals surface area contributed by atoms with Crippen molar-refractivity contribution in [3.05, 3.63) is 48.0 Å². The molecule has 6 nitrogen and oxygen atoms in total. The van der Waals surface area contributed by atoms with E-state index in [0.717, 1.165) is 25.1 Å². The number of sulfonamides is 1. The van der Waals surface area contributed by atoms with Crippen molar-refractivity contribution in [1.82, 2.24) is 20.0 Å². The first-order valence-corrected chi connectivity index (χ1v) is 8.37. The van der Waals surface area contributed by atoms with Gasteiger partial charge in [-0.2, -0.15) is 0 Å². The van der Waals surface area contributed by atoms with E-state index in [2.05, 4.69) is 26.9 Å². The summed E-state index contributed by atoms with van der Waals surface area (Å²) in [5.74, 6) is 0.582. The van der Waals surface area contributed by atoms with Gasteiger partial charge >= 0.3 is 0 Å². The van der Waals surface area contributed by atoms with Crippen LogP contribution in [0.25, 0.3) is 0 Å². The lowest BCUT2D eigenvalue weighted by atomic mass is 10.2. The zero-order chi connectivity index (χ0) is 15.1. The minimum absolute atomic E-state index is 0.148. The maximum atomic E-state index is 12.1. The molecule has 0 amide bonds. The van der Waals surface area contributed by atoms with Gasteiger partial charge in [0.25, 0.3) is 0 Å². The Hall–Kier alpha value is -1.70. The van der Waals surface area contributed by atoms with Gasteiger partial charge in [0.15, 0.2) is 0 Å². The summed E-state index contributed by atoms with van der Waals surface area (Å²) in [7, 11) is -3.51. The Morgan fingerprint density at radius 2 is 1.95 bits per heavy atom. The average Bonchev–Trinajstić information content (AvgIpc) is 3.00. The molecule has 0 fully saturated rings. The number of aromatic amines is 1. The van der Waals surface area contributed by atoms with E-state index in [1.807, 2.05) is 12.1 Å². The molecule has 0 saturated carbocycles. The highest BCUT2D eigenvalue weighted by Gasteiger charge is 2.13. The lowest BCUT2D eigenvalue weighted by Crippen LogP contribution is -2.23. The van der Waals surface area contributed by atoms with Gasteiger partial charge in [0.05, 0.1) is 11.4 Å². The van der Waals surface area contributed by atoms with Crippen molar-refractivity contribution in [3.63, 3.8) is 0 Å². The molecule has 0 bridgehead atoms. The van der Waals surface area contributed by atoms with E-state index in [1.54, 1.807) is 24.5 Å². The second-order valence-corrected chi connectivity index (χ2v) is 6.45. The summed E-state index contributed by atoms with van der Waals surface area (Å²) in [6.45, 7) is 3.95. The quantitative estimate of drug-likeness (QED) is 0.643. The predicted octanol–water partition coefficient (Wildman–Crippen LogP) is 1.39. The standard InChI is InChI=1S/C14H20N4O2S/c1-2-7-15-10-12-3-5-13(6-4-12)21(19,20)18-11-14-16-8-9-17-14/h3-6,8-9,15,18H,2,7,10-11H2,1H3,(H,16,17). The third-order valence-electron chi connectivity index (χ3n) is 2.97. The van der Waals surface area contributed by atoms with Gasteiger partial charge in [0, 0.05) is 18.9 Å². The molecule has 7 heteroatoms. The molecule has 0 aliphatic carbocycles. The number of aromatic nitrogens is 2.